The highest BCUT2D eigenvalue weighted by Gasteiger charge is 2.69. The van der Waals surface area contributed by atoms with Crippen molar-refractivity contribution in [3.8, 4) is 0 Å². The van der Waals surface area contributed by atoms with Crippen molar-refractivity contribution in [2.24, 2.45) is 46.3 Å². The molecule has 47 heavy (non-hydrogen) atoms. The molecule has 0 aromatic rings. The van der Waals surface area contributed by atoms with E-state index >= 15 is 0 Å². The molecule has 0 N–H and O–H groups in total. The molecule has 10 heteroatoms. The van der Waals surface area contributed by atoms with Gasteiger partial charge in [-0.25, -0.2) is 0 Å². The fourth-order valence-corrected chi connectivity index (χ4v) is 15.7. The van der Waals surface area contributed by atoms with E-state index in [-0.39, 0.29) is 35.1 Å². The van der Waals surface area contributed by atoms with Gasteiger partial charge in [-0.2, -0.15) is 0 Å². The van der Waals surface area contributed by atoms with Crippen LogP contribution in [0.1, 0.15) is 72.1 Å². The molecular formula is C37H74O6Si4. The molecule has 0 radical (unpaired) electrons. The number of ether oxygens (including phenoxy) is 1. The predicted octanol–water partition coefficient (Wildman–Crippen LogP) is 9.94. The molecule has 0 heterocycles. The number of carbonyl (C=O) groups excluding carboxylic acids is 1. The Hall–Kier alpha value is 0.178. The van der Waals surface area contributed by atoms with E-state index in [9.17, 15) is 4.79 Å². The van der Waals surface area contributed by atoms with E-state index in [1.807, 2.05) is 0 Å². The molecule has 12 atom stereocenters. The van der Waals surface area contributed by atoms with Crippen LogP contribution >= 0.6 is 0 Å². The van der Waals surface area contributed by atoms with Crippen LogP contribution in [0.4, 0.5) is 0 Å². The van der Waals surface area contributed by atoms with E-state index in [0.717, 1.165) is 25.7 Å². The molecule has 4 fully saturated rings. The maximum absolute atomic E-state index is 12.3. The van der Waals surface area contributed by atoms with Gasteiger partial charge >= 0.3 is 5.97 Å². The monoisotopic (exact) mass is 726 g/mol. The maximum Gasteiger partial charge on any atom is 0.305 e. The number of hydrogen-bond donors (Lipinski definition) is 0. The second-order valence-electron chi connectivity index (χ2n) is 20.5. The lowest BCUT2D eigenvalue weighted by molar-refractivity contribution is -0.232. The van der Waals surface area contributed by atoms with Crippen LogP contribution in [0.15, 0.2) is 0 Å². The minimum absolute atomic E-state index is 0.0308. The van der Waals surface area contributed by atoms with Crippen molar-refractivity contribution in [3.63, 3.8) is 0 Å². The van der Waals surface area contributed by atoms with Gasteiger partial charge in [0, 0.05) is 12.5 Å². The summed E-state index contributed by atoms with van der Waals surface area (Å²) in [5, 5.41) is 0. The summed E-state index contributed by atoms with van der Waals surface area (Å²) in [4.78, 5) is 12.3. The number of methoxy groups -OCH3 is 1. The molecule has 4 rings (SSSR count). The predicted molar refractivity (Wildman–Crippen MR) is 205 cm³/mol. The summed E-state index contributed by atoms with van der Waals surface area (Å²) >= 11 is 0. The fraction of sp³-hybridized carbons (Fsp3) is 0.973. The Labute approximate surface area is 294 Å². The summed E-state index contributed by atoms with van der Waals surface area (Å²) in [5.41, 5.74) is 0.188. The van der Waals surface area contributed by atoms with Crippen molar-refractivity contribution in [2.45, 2.75) is 175 Å². The summed E-state index contributed by atoms with van der Waals surface area (Å²) < 4.78 is 34.3. The smallest absolute Gasteiger partial charge is 0.305 e. The standard InChI is InChI=1S/C37H74O6Si4/c1-25(17-20-32(38)39-4)27-18-19-28-33-29(24-31(37(27,28)3)41-45(8,9)10)36(2)22-21-26(40-44(5,6)7)23-30(36)34(42-46(11,12)13)35(33)43-47(14,15)16/h25-31,33-35H,17-24H2,1-16H3/t25?,26-,27?,28?,29?,30+,31?,33?,34-,35-,36?,37?/m1/s1. The average molecular weight is 727 g/mol. The molecule has 0 aromatic heterocycles. The van der Waals surface area contributed by atoms with Crippen LogP contribution in [0, 0.1) is 46.3 Å². The number of carbonyl (C=O) groups is 1. The highest BCUT2D eigenvalue weighted by Crippen LogP contribution is 2.70. The molecule has 4 aliphatic carbocycles. The van der Waals surface area contributed by atoms with Crippen molar-refractivity contribution >= 4 is 39.2 Å². The highest BCUT2D eigenvalue weighted by molar-refractivity contribution is 6.71. The lowest BCUT2D eigenvalue weighted by Gasteiger charge is -2.68. The molecule has 0 amide bonds. The first-order valence-corrected chi connectivity index (χ1v) is 32.7. The lowest BCUT2D eigenvalue weighted by Crippen LogP contribution is -2.70. The zero-order chi connectivity index (χ0) is 35.5. The Morgan fingerprint density at radius 2 is 1.26 bits per heavy atom. The Kier molecular flexibility index (Phi) is 11.9. The molecule has 8 unspecified atom stereocenters. The summed E-state index contributed by atoms with van der Waals surface area (Å²) in [6, 6.07) is 0. The van der Waals surface area contributed by atoms with E-state index in [0.29, 0.717) is 48.0 Å². The third-order valence-corrected chi connectivity index (χ3v) is 16.5. The summed E-state index contributed by atoms with van der Waals surface area (Å²) in [7, 11) is -5.87. The molecule has 0 bridgehead atoms. The van der Waals surface area contributed by atoms with Gasteiger partial charge in [-0.15, -0.1) is 0 Å². The summed E-state index contributed by atoms with van der Waals surface area (Å²) in [5.74, 6) is 2.76. The number of fused-ring (bicyclic) bond motifs is 5. The topological polar surface area (TPSA) is 63.2 Å². The molecule has 0 spiro atoms. The molecule has 274 valence electrons. The van der Waals surface area contributed by atoms with Gasteiger partial charge in [-0.1, -0.05) is 20.8 Å². The SMILES string of the molecule is COC(=O)CCC(C)C1CCC2C3C(CC(O[Si](C)(C)C)C12C)C1(C)CC[C@@H](O[Si](C)(C)C)C[C@H]1[C@@H](O[Si](C)(C)C)[C@@H]3O[Si](C)(C)C. The first-order chi connectivity index (χ1) is 21.3. The van der Waals surface area contributed by atoms with Gasteiger partial charge in [0.2, 0.25) is 0 Å². The Morgan fingerprint density at radius 3 is 1.79 bits per heavy atom. The largest absolute Gasteiger partial charge is 0.469 e. The number of esters is 1. The van der Waals surface area contributed by atoms with Crippen LogP contribution in [0.3, 0.4) is 0 Å². The van der Waals surface area contributed by atoms with E-state index in [4.69, 9.17) is 22.4 Å². The van der Waals surface area contributed by atoms with Gasteiger partial charge in [0.25, 0.3) is 0 Å². The van der Waals surface area contributed by atoms with Crippen LogP contribution in [0.5, 0.6) is 0 Å². The van der Waals surface area contributed by atoms with E-state index in [1.165, 1.54) is 26.4 Å². The number of rotatable bonds is 12. The molecular weight excluding hydrogens is 653 g/mol. The van der Waals surface area contributed by atoms with Crippen LogP contribution in [0.2, 0.25) is 78.6 Å². The maximum atomic E-state index is 12.3. The second kappa shape index (κ2) is 14.0. The normalized spacial score (nSPS) is 40.3. The van der Waals surface area contributed by atoms with Gasteiger partial charge in [-0.05, 0) is 170 Å². The third-order valence-electron chi connectivity index (χ3n) is 12.5. The molecule has 4 aliphatic rings. The van der Waals surface area contributed by atoms with Gasteiger partial charge in [0.05, 0.1) is 25.4 Å². The first-order valence-electron chi connectivity index (χ1n) is 19.1. The highest BCUT2D eigenvalue weighted by atomic mass is 28.4. The van der Waals surface area contributed by atoms with Crippen LogP contribution in [-0.4, -0.2) is 70.8 Å². The second-order valence-corrected chi connectivity index (χ2v) is 38.4. The molecule has 0 aliphatic heterocycles. The number of hydrogen-bond acceptors (Lipinski definition) is 6. The minimum atomic E-state index is -1.93. The minimum Gasteiger partial charge on any atom is -0.469 e. The van der Waals surface area contributed by atoms with Crippen LogP contribution < -0.4 is 0 Å². The van der Waals surface area contributed by atoms with Gasteiger partial charge in [0.1, 0.15) is 0 Å². The van der Waals surface area contributed by atoms with Crippen molar-refractivity contribution in [1.29, 1.82) is 0 Å². The zero-order valence-electron chi connectivity index (χ0n) is 33.4. The third kappa shape index (κ3) is 8.98. The van der Waals surface area contributed by atoms with Gasteiger partial charge < -0.3 is 22.4 Å². The van der Waals surface area contributed by atoms with Crippen molar-refractivity contribution < 1.29 is 27.2 Å². The lowest BCUT2D eigenvalue weighted by atomic mass is 9.42. The Morgan fingerprint density at radius 1 is 0.702 bits per heavy atom. The average Bonchev–Trinajstić information content (AvgIpc) is 3.25. The zero-order valence-corrected chi connectivity index (χ0v) is 37.4. The van der Waals surface area contributed by atoms with Gasteiger partial charge in [-0.3, -0.25) is 4.79 Å². The molecule has 0 saturated heterocycles. The van der Waals surface area contributed by atoms with Gasteiger partial charge in [0.15, 0.2) is 33.3 Å². The summed E-state index contributed by atoms with van der Waals surface area (Å²) in [6.07, 6.45) is 9.05. The fourth-order valence-electron chi connectivity index (χ4n) is 11.0. The summed E-state index contributed by atoms with van der Waals surface area (Å²) in [6.45, 7) is 36.0. The van der Waals surface area contributed by atoms with Crippen molar-refractivity contribution in [2.75, 3.05) is 7.11 Å². The first kappa shape index (κ1) is 40.0. The van der Waals surface area contributed by atoms with Crippen molar-refractivity contribution in [1.82, 2.24) is 0 Å². The molecule has 0 aromatic carbocycles. The molecule has 4 saturated carbocycles. The quantitative estimate of drug-likeness (QED) is 0.147. The van der Waals surface area contributed by atoms with Crippen molar-refractivity contribution in [3.05, 3.63) is 0 Å². The molecule has 6 nitrogen and oxygen atoms in total. The Bertz CT molecular complexity index is 1090. The van der Waals surface area contributed by atoms with Crippen LogP contribution in [0.25, 0.3) is 0 Å². The van der Waals surface area contributed by atoms with E-state index in [1.54, 1.807) is 0 Å². The van der Waals surface area contributed by atoms with Crippen LogP contribution in [-0.2, 0) is 27.2 Å². The Balaban J connectivity index is 1.85. The van der Waals surface area contributed by atoms with E-state index in [2.05, 4.69) is 99.3 Å². The van der Waals surface area contributed by atoms with E-state index < -0.39 is 33.3 Å².